The van der Waals surface area contributed by atoms with Gasteiger partial charge in [0.05, 0.1) is 0 Å². The second-order valence-electron chi connectivity index (χ2n) is 4.90. The first-order chi connectivity index (χ1) is 9.74. The number of likely N-dealkylation sites (tertiary alicyclic amines) is 1. The molecule has 0 bridgehead atoms. The molecular weight excluding hydrogens is 248 g/mol. The maximum Gasteiger partial charge on any atom is 0.129 e. The van der Waals surface area contributed by atoms with Crippen molar-refractivity contribution in [3.8, 4) is 0 Å². The lowest BCUT2D eigenvalue weighted by atomic mass is 10.1. The van der Waals surface area contributed by atoms with E-state index in [1.54, 1.807) is 0 Å². The minimum Gasteiger partial charge on any atom is -0.394 e. The third kappa shape index (κ3) is 5.11. The van der Waals surface area contributed by atoms with Crippen molar-refractivity contribution in [2.45, 2.75) is 39.2 Å². The van der Waals surface area contributed by atoms with Crippen LogP contribution in [-0.4, -0.2) is 37.3 Å². The molecule has 1 unspecified atom stereocenters. The van der Waals surface area contributed by atoms with Crippen molar-refractivity contribution in [3.05, 3.63) is 36.4 Å². The van der Waals surface area contributed by atoms with Gasteiger partial charge in [0.15, 0.2) is 0 Å². The van der Waals surface area contributed by atoms with E-state index in [4.69, 9.17) is 0 Å². The molecule has 4 heteroatoms. The Morgan fingerprint density at radius 1 is 1.50 bits per heavy atom. The second-order valence-corrected chi connectivity index (χ2v) is 4.90. The van der Waals surface area contributed by atoms with Crippen LogP contribution in [0.1, 0.15) is 33.1 Å². The van der Waals surface area contributed by atoms with Gasteiger partial charge >= 0.3 is 0 Å². The summed E-state index contributed by atoms with van der Waals surface area (Å²) in [7, 11) is 1.91. The molecule has 112 valence electrons. The van der Waals surface area contributed by atoms with Crippen LogP contribution in [0.3, 0.4) is 0 Å². The summed E-state index contributed by atoms with van der Waals surface area (Å²) >= 11 is 0. The quantitative estimate of drug-likeness (QED) is 0.555. The Labute approximate surface area is 123 Å². The zero-order chi connectivity index (χ0) is 14.8. The van der Waals surface area contributed by atoms with Gasteiger partial charge in [0.2, 0.25) is 0 Å². The molecule has 1 rings (SSSR count). The number of rotatable bonds is 7. The lowest BCUT2D eigenvalue weighted by Crippen LogP contribution is -2.43. The first-order valence-corrected chi connectivity index (χ1v) is 7.43. The molecule has 0 saturated carbocycles. The van der Waals surface area contributed by atoms with Crippen LogP contribution in [0.25, 0.3) is 0 Å². The molecule has 0 aromatic carbocycles. The Kier molecular flexibility index (Phi) is 7.55. The van der Waals surface area contributed by atoms with Crippen molar-refractivity contribution in [3.63, 3.8) is 0 Å². The molecule has 0 aromatic heterocycles. The molecule has 0 amide bonds. The summed E-state index contributed by atoms with van der Waals surface area (Å²) in [5.74, 6) is 0.984. The lowest BCUT2D eigenvalue weighted by Gasteiger charge is -2.33. The molecule has 20 heavy (non-hydrogen) atoms. The van der Waals surface area contributed by atoms with Crippen LogP contribution in [0, 0.1) is 0 Å². The highest BCUT2D eigenvalue weighted by molar-refractivity contribution is 5.55. The van der Waals surface area contributed by atoms with Crippen molar-refractivity contribution in [2.75, 3.05) is 20.1 Å². The minimum atomic E-state index is 0.435. The van der Waals surface area contributed by atoms with Gasteiger partial charge in [-0.25, -0.2) is 4.99 Å². The maximum absolute atomic E-state index is 4.51. The summed E-state index contributed by atoms with van der Waals surface area (Å²) in [5, 5.41) is 6.63. The predicted octanol–water partition coefficient (Wildman–Crippen LogP) is 2.63. The third-order valence-electron chi connectivity index (χ3n) is 3.45. The van der Waals surface area contributed by atoms with Gasteiger partial charge in [-0.3, -0.25) is 0 Å². The van der Waals surface area contributed by atoms with Crippen LogP contribution in [0.5, 0.6) is 0 Å². The second kappa shape index (κ2) is 9.23. The fraction of sp³-hybridized carbons (Fsp3) is 0.562. The van der Waals surface area contributed by atoms with E-state index in [9.17, 15) is 0 Å². The molecule has 0 radical (unpaired) electrons. The highest BCUT2D eigenvalue weighted by Gasteiger charge is 2.18. The SMILES string of the molecule is C=CN1CCCC(NC(/N=C\C)=C(\C=C/NC)CC)C1. The summed E-state index contributed by atoms with van der Waals surface area (Å²) in [4.78, 5) is 6.78. The van der Waals surface area contributed by atoms with Gasteiger partial charge in [-0.15, -0.1) is 0 Å². The van der Waals surface area contributed by atoms with Crippen LogP contribution in [0.2, 0.25) is 0 Å². The molecule has 2 N–H and O–H groups in total. The summed E-state index contributed by atoms with van der Waals surface area (Å²) in [5.41, 5.74) is 1.22. The van der Waals surface area contributed by atoms with Crippen LogP contribution in [-0.2, 0) is 0 Å². The van der Waals surface area contributed by atoms with E-state index in [-0.39, 0.29) is 0 Å². The predicted molar refractivity (Wildman–Crippen MR) is 87.6 cm³/mol. The summed E-state index contributed by atoms with van der Waals surface area (Å²) in [6, 6.07) is 0.435. The average molecular weight is 276 g/mol. The Hall–Kier alpha value is -1.71. The van der Waals surface area contributed by atoms with Crippen LogP contribution in [0.4, 0.5) is 0 Å². The number of aliphatic imine (C=N–C) groups is 1. The number of hydrogen-bond donors (Lipinski definition) is 2. The molecule has 1 saturated heterocycles. The van der Waals surface area contributed by atoms with Gasteiger partial charge in [-0.05, 0) is 50.2 Å². The molecule has 4 nitrogen and oxygen atoms in total. The highest BCUT2D eigenvalue weighted by atomic mass is 15.2. The zero-order valence-electron chi connectivity index (χ0n) is 13.0. The van der Waals surface area contributed by atoms with E-state index in [0.717, 1.165) is 25.3 Å². The third-order valence-corrected chi connectivity index (χ3v) is 3.45. The summed E-state index contributed by atoms with van der Waals surface area (Å²) in [6.07, 6.45) is 11.1. The first kappa shape index (κ1) is 16.3. The normalized spacial score (nSPS) is 21.1. The highest BCUT2D eigenvalue weighted by Crippen LogP contribution is 2.15. The van der Waals surface area contributed by atoms with E-state index in [0.29, 0.717) is 6.04 Å². The van der Waals surface area contributed by atoms with Gasteiger partial charge in [0.25, 0.3) is 0 Å². The number of piperidine rings is 1. The molecule has 0 spiro atoms. The molecule has 0 aliphatic carbocycles. The van der Waals surface area contributed by atoms with Gasteiger partial charge in [-0.2, -0.15) is 0 Å². The maximum atomic E-state index is 4.51. The summed E-state index contributed by atoms with van der Waals surface area (Å²) < 4.78 is 0. The fourth-order valence-corrected chi connectivity index (χ4v) is 2.37. The van der Waals surface area contributed by atoms with Gasteiger partial charge < -0.3 is 15.5 Å². The van der Waals surface area contributed by atoms with E-state index < -0.39 is 0 Å². The Morgan fingerprint density at radius 2 is 2.30 bits per heavy atom. The largest absolute Gasteiger partial charge is 0.394 e. The smallest absolute Gasteiger partial charge is 0.129 e. The Balaban J connectivity index is 2.82. The fourth-order valence-electron chi connectivity index (χ4n) is 2.37. The zero-order valence-corrected chi connectivity index (χ0v) is 13.0. The van der Waals surface area contributed by atoms with Crippen LogP contribution >= 0.6 is 0 Å². The van der Waals surface area contributed by atoms with Crippen molar-refractivity contribution in [1.82, 2.24) is 15.5 Å². The first-order valence-electron chi connectivity index (χ1n) is 7.43. The molecular formula is C16H28N4. The van der Waals surface area contributed by atoms with E-state index in [2.05, 4.69) is 40.1 Å². The molecule has 1 aliphatic heterocycles. The Bertz CT molecular complexity index is 382. The van der Waals surface area contributed by atoms with Crippen LogP contribution in [0.15, 0.2) is 41.4 Å². The van der Waals surface area contributed by atoms with Crippen molar-refractivity contribution >= 4 is 6.21 Å². The lowest BCUT2D eigenvalue weighted by molar-refractivity contribution is 0.261. The molecule has 0 aromatic rings. The van der Waals surface area contributed by atoms with E-state index in [1.165, 1.54) is 18.4 Å². The number of nitrogens with zero attached hydrogens (tertiary/aromatic N) is 2. The topological polar surface area (TPSA) is 39.7 Å². The average Bonchev–Trinajstić information content (AvgIpc) is 2.48. The van der Waals surface area contributed by atoms with Crippen molar-refractivity contribution < 1.29 is 0 Å². The van der Waals surface area contributed by atoms with Gasteiger partial charge in [-0.1, -0.05) is 13.5 Å². The molecule has 1 heterocycles. The number of allylic oxidation sites excluding steroid dienone is 2. The van der Waals surface area contributed by atoms with Gasteiger partial charge in [0, 0.05) is 32.4 Å². The molecule has 1 atom stereocenters. The van der Waals surface area contributed by atoms with Crippen molar-refractivity contribution in [1.29, 1.82) is 0 Å². The van der Waals surface area contributed by atoms with Gasteiger partial charge in [0.1, 0.15) is 5.82 Å². The van der Waals surface area contributed by atoms with Crippen LogP contribution < -0.4 is 10.6 Å². The Morgan fingerprint density at radius 3 is 2.90 bits per heavy atom. The molecule has 1 fully saturated rings. The van der Waals surface area contributed by atoms with E-state index in [1.807, 2.05) is 32.6 Å². The minimum absolute atomic E-state index is 0.435. The number of hydrogen-bond acceptors (Lipinski definition) is 4. The number of nitrogens with one attached hydrogen (secondary N) is 2. The standard InChI is InChI=1S/C16H28N4/c1-5-14(10-11-17-4)16(18-6-2)19-15-9-8-12-20(7-3)13-15/h6-7,10-11,15,17,19H,3,5,8-9,12-13H2,1-2,4H3/b11-10-,16-14-,18-6-. The molecule has 1 aliphatic rings. The van der Waals surface area contributed by atoms with Crippen molar-refractivity contribution in [2.24, 2.45) is 4.99 Å². The van der Waals surface area contributed by atoms with E-state index >= 15 is 0 Å². The summed E-state index contributed by atoms with van der Waals surface area (Å²) in [6.45, 7) is 10.1. The monoisotopic (exact) mass is 276 g/mol.